The van der Waals surface area contributed by atoms with Gasteiger partial charge in [-0.2, -0.15) is 31.3 Å². The molecule has 0 saturated heterocycles. The minimum Gasteiger partial charge on any atom is -0.481 e. The van der Waals surface area contributed by atoms with Crippen molar-refractivity contribution in [2.45, 2.75) is 33.1 Å². The van der Waals surface area contributed by atoms with Crippen LogP contribution < -0.4 is 38.1 Å². The first-order valence-electron chi connectivity index (χ1n) is 14.2. The summed E-state index contributed by atoms with van der Waals surface area (Å²) >= 11 is 11.4. The molecule has 300 valence electrons. The average Bonchev–Trinajstić information content (AvgIpc) is 3.00. The summed E-state index contributed by atoms with van der Waals surface area (Å²) in [4.78, 5) is 70.9. The Balaban J connectivity index is 0.000000417. The zero-order valence-corrected chi connectivity index (χ0v) is 30.0. The van der Waals surface area contributed by atoms with Gasteiger partial charge >= 0.3 is 23.7 Å². The highest BCUT2D eigenvalue weighted by Gasteiger charge is 2.34. The Hall–Kier alpha value is -5.97. The molecule has 0 spiro atoms. The van der Waals surface area contributed by atoms with E-state index in [2.05, 4.69) is 20.0 Å². The first kappa shape index (κ1) is 47.1. The monoisotopic (exact) mass is 835 g/mol. The average molecular weight is 836 g/mol. The topological polar surface area (TPSA) is 223 Å². The van der Waals surface area contributed by atoms with Crippen LogP contribution in [-0.2, 0) is 26.7 Å². The van der Waals surface area contributed by atoms with Crippen LogP contribution in [0.3, 0.4) is 0 Å². The number of nitrogens with two attached hydrogens (primary N) is 1. The van der Waals surface area contributed by atoms with Crippen molar-refractivity contribution < 1.29 is 59.0 Å². The predicted octanol–water partition coefficient (Wildman–Crippen LogP) is 5.53. The van der Waals surface area contributed by atoms with Gasteiger partial charge in [-0.1, -0.05) is 23.2 Å². The minimum atomic E-state index is -4.95. The van der Waals surface area contributed by atoms with E-state index in [1.54, 1.807) is 0 Å². The number of carbonyl (C=O) groups excluding carboxylic acids is 2. The van der Waals surface area contributed by atoms with Crippen LogP contribution in [0.1, 0.15) is 32.2 Å². The molecule has 0 bridgehead atoms. The van der Waals surface area contributed by atoms with E-state index in [0.717, 1.165) is 26.0 Å². The number of amides is 2. The molecule has 0 aliphatic rings. The second kappa shape index (κ2) is 19.4. The number of aromatic nitrogens is 3. The molecule has 2 amide bonds. The van der Waals surface area contributed by atoms with Gasteiger partial charge in [-0.3, -0.25) is 19.2 Å². The zero-order valence-electron chi connectivity index (χ0n) is 28.5. The first-order chi connectivity index (χ1) is 25.0. The lowest BCUT2D eigenvalue weighted by Crippen LogP contribution is -2.36. The number of halogens is 10. The van der Waals surface area contributed by atoms with E-state index < -0.39 is 69.8 Å². The number of alkyl halides is 6. The number of nitrogens with zero attached hydrogens (tertiary/aromatic N) is 3. The van der Waals surface area contributed by atoms with Gasteiger partial charge < -0.3 is 35.8 Å². The van der Waals surface area contributed by atoms with Crippen LogP contribution in [0.25, 0.3) is 5.69 Å². The quantitative estimate of drug-likeness (QED) is 0.127. The van der Waals surface area contributed by atoms with Crippen molar-refractivity contribution in [1.29, 1.82) is 0 Å². The van der Waals surface area contributed by atoms with Gasteiger partial charge in [-0.15, -0.1) is 0 Å². The lowest BCUT2D eigenvalue weighted by molar-refractivity contribution is -0.142. The number of H-pyrrole nitrogens is 1. The van der Waals surface area contributed by atoms with E-state index in [4.69, 9.17) is 38.8 Å². The number of nitrogens with one attached hydrogen (secondary N) is 3. The van der Waals surface area contributed by atoms with Gasteiger partial charge in [0.2, 0.25) is 11.8 Å². The van der Waals surface area contributed by atoms with Crippen molar-refractivity contribution >= 4 is 64.1 Å². The van der Waals surface area contributed by atoms with Crippen molar-refractivity contribution in [3.05, 3.63) is 101 Å². The standard InChI is InChI=1S/C13H8ClF4N3O3.C8H8ClFN2O.C7H7F3N2O2.C2H4O2/c1-5(22)19-8-3-9(7(15)2-6(8)14)21-11(23)4-10(13(16,17)18)20-12(21)24;1-4(13)12-8-3-7(11)6(10)2-5(8)9;1-12(2)6-11-4(7(8,9)10)3-5(13)14-6;1-2(3)4/h2-4H,1H3,(H,19,22)(H,20,24);2-3H,11H2,1H3,(H,12,13);3H,1-2H3;1H3,(H,3,4). The van der Waals surface area contributed by atoms with E-state index >= 15 is 0 Å². The fourth-order valence-corrected chi connectivity index (χ4v) is 3.84. The van der Waals surface area contributed by atoms with Crippen molar-refractivity contribution in [3.8, 4) is 5.69 Å². The van der Waals surface area contributed by atoms with Crippen LogP contribution in [0.4, 0.5) is 58.2 Å². The summed E-state index contributed by atoms with van der Waals surface area (Å²) in [5, 5.41) is 12.0. The highest BCUT2D eigenvalue weighted by molar-refractivity contribution is 6.34. The van der Waals surface area contributed by atoms with E-state index in [-0.39, 0.29) is 44.0 Å². The van der Waals surface area contributed by atoms with Gasteiger partial charge in [0.1, 0.15) is 17.3 Å². The van der Waals surface area contributed by atoms with Gasteiger partial charge in [0, 0.05) is 40.9 Å². The second-order valence-electron chi connectivity index (χ2n) is 10.4. The Bertz CT molecular complexity index is 2190. The van der Waals surface area contributed by atoms with Crippen LogP contribution in [-0.4, -0.2) is 51.5 Å². The number of hydrogen-bond donors (Lipinski definition) is 5. The van der Waals surface area contributed by atoms with Crippen molar-refractivity contribution in [3.63, 3.8) is 0 Å². The summed E-state index contributed by atoms with van der Waals surface area (Å²) in [6.07, 6.45) is -9.59. The number of benzene rings is 2. The fraction of sp³-hybridized carbons (Fsp3) is 0.233. The van der Waals surface area contributed by atoms with Crippen LogP contribution >= 0.6 is 23.2 Å². The number of carboxylic acids is 1. The predicted molar refractivity (Wildman–Crippen MR) is 182 cm³/mol. The van der Waals surface area contributed by atoms with Crippen molar-refractivity contribution in [2.75, 3.05) is 35.4 Å². The number of carboxylic acid groups (broad SMARTS) is 1. The van der Waals surface area contributed by atoms with E-state index in [1.807, 2.05) is 0 Å². The zero-order chi connectivity index (χ0) is 42.7. The molecule has 0 aliphatic carbocycles. The third kappa shape index (κ3) is 15.1. The smallest absolute Gasteiger partial charge is 0.433 e. The Kier molecular flexibility index (Phi) is 16.6. The number of rotatable bonds is 4. The number of carbonyl (C=O) groups is 3. The van der Waals surface area contributed by atoms with Crippen LogP contribution in [0.5, 0.6) is 0 Å². The molecule has 4 rings (SSSR count). The lowest BCUT2D eigenvalue weighted by Gasteiger charge is -2.12. The Labute approximate surface area is 312 Å². The summed E-state index contributed by atoms with van der Waals surface area (Å²) in [6.45, 7) is 3.55. The molecule has 2 aromatic heterocycles. The van der Waals surface area contributed by atoms with Crippen LogP contribution in [0.2, 0.25) is 10.0 Å². The molecule has 15 nitrogen and oxygen atoms in total. The maximum atomic E-state index is 14.0. The van der Waals surface area contributed by atoms with Crippen molar-refractivity contribution in [1.82, 2.24) is 14.5 Å². The molecule has 4 aromatic rings. The Morgan fingerprint density at radius 1 is 0.836 bits per heavy atom. The van der Waals surface area contributed by atoms with Crippen LogP contribution in [0, 0.1) is 11.6 Å². The third-order valence-corrected chi connectivity index (χ3v) is 6.18. The molecular formula is C30H27Cl2F8N7O8. The largest absolute Gasteiger partial charge is 0.481 e. The molecule has 0 aliphatic heterocycles. The van der Waals surface area contributed by atoms with Gasteiger partial charge in [0.25, 0.3) is 17.5 Å². The lowest BCUT2D eigenvalue weighted by atomic mass is 10.2. The summed E-state index contributed by atoms with van der Waals surface area (Å²) < 4.78 is 106. The number of hydrogen-bond acceptors (Lipinski definition) is 10. The highest BCUT2D eigenvalue weighted by atomic mass is 35.5. The van der Waals surface area contributed by atoms with Crippen LogP contribution in [0.15, 0.2) is 55.2 Å². The third-order valence-electron chi connectivity index (χ3n) is 5.56. The maximum absolute atomic E-state index is 14.0. The Morgan fingerprint density at radius 3 is 1.73 bits per heavy atom. The summed E-state index contributed by atoms with van der Waals surface area (Å²) in [7, 11) is 2.84. The van der Waals surface area contributed by atoms with Gasteiger partial charge in [-0.25, -0.2) is 22.9 Å². The Morgan fingerprint density at radius 2 is 1.31 bits per heavy atom. The number of anilines is 4. The number of nitrogen functional groups attached to an aromatic ring is 1. The molecule has 55 heavy (non-hydrogen) atoms. The van der Waals surface area contributed by atoms with E-state index in [0.29, 0.717) is 17.8 Å². The van der Waals surface area contributed by atoms with Gasteiger partial charge in [0.05, 0.1) is 38.9 Å². The molecule has 6 N–H and O–H groups in total. The maximum Gasteiger partial charge on any atom is 0.433 e. The molecule has 25 heteroatoms. The molecule has 2 aromatic carbocycles. The van der Waals surface area contributed by atoms with Crippen molar-refractivity contribution in [2.24, 2.45) is 0 Å². The first-order valence-corrected chi connectivity index (χ1v) is 15.0. The number of aromatic amines is 1. The molecule has 0 radical (unpaired) electrons. The molecule has 0 unspecified atom stereocenters. The summed E-state index contributed by atoms with van der Waals surface area (Å²) in [5.41, 5.74) is -2.02. The molecule has 0 fully saturated rings. The molecule has 0 atom stereocenters. The van der Waals surface area contributed by atoms with E-state index in [9.17, 15) is 59.1 Å². The second-order valence-corrected chi connectivity index (χ2v) is 11.2. The normalized spacial score (nSPS) is 10.7. The molecule has 0 saturated carbocycles. The SMILES string of the molecule is CC(=O)Nc1cc(-n2c(=O)cc(C(F)(F)F)[nH]c2=O)c(F)cc1Cl.CC(=O)Nc1cc(N)c(F)cc1Cl.CC(=O)O.CN(C)c1nc(C(F)(F)F)cc(=O)o1. The van der Waals surface area contributed by atoms with E-state index in [1.165, 1.54) is 37.0 Å². The molecule has 2 heterocycles. The summed E-state index contributed by atoms with van der Waals surface area (Å²) in [5.74, 6) is -3.42. The molecular weight excluding hydrogens is 809 g/mol. The van der Waals surface area contributed by atoms with Gasteiger partial charge in [0.15, 0.2) is 5.69 Å². The number of aliphatic carboxylic acids is 1. The fourth-order valence-electron chi connectivity index (χ4n) is 3.45. The highest BCUT2D eigenvalue weighted by Crippen LogP contribution is 2.29. The van der Waals surface area contributed by atoms with Gasteiger partial charge in [-0.05, 0) is 24.3 Å². The minimum absolute atomic E-state index is 0.0480. The summed E-state index contributed by atoms with van der Waals surface area (Å²) in [6, 6.07) is 3.97.